The Morgan fingerprint density at radius 1 is 1.40 bits per heavy atom. The molecule has 1 saturated carbocycles. The molecule has 0 spiro atoms. The van der Waals surface area contributed by atoms with E-state index in [1.54, 1.807) is 12.1 Å². The van der Waals surface area contributed by atoms with E-state index >= 15 is 0 Å². The van der Waals surface area contributed by atoms with Crippen molar-refractivity contribution in [1.29, 1.82) is 0 Å². The SMILES string of the molecule is CC(NCc1cccc(NC(=O)C(F)(F)F)c1)C1CC1. The number of benzene rings is 1. The number of alkyl halides is 3. The van der Waals surface area contributed by atoms with Gasteiger partial charge < -0.3 is 10.6 Å². The number of anilines is 1. The molecule has 1 aliphatic rings. The zero-order valence-corrected chi connectivity index (χ0v) is 11.1. The summed E-state index contributed by atoms with van der Waals surface area (Å²) in [7, 11) is 0. The van der Waals surface area contributed by atoms with Gasteiger partial charge >= 0.3 is 12.1 Å². The van der Waals surface area contributed by atoms with Crippen LogP contribution in [-0.4, -0.2) is 18.1 Å². The number of nitrogens with one attached hydrogen (secondary N) is 2. The fourth-order valence-corrected chi connectivity index (χ4v) is 2.00. The lowest BCUT2D eigenvalue weighted by atomic mass is 10.1. The molecule has 2 N–H and O–H groups in total. The van der Waals surface area contributed by atoms with Gasteiger partial charge in [0.1, 0.15) is 0 Å². The van der Waals surface area contributed by atoms with Crippen molar-refractivity contribution in [3.05, 3.63) is 29.8 Å². The number of carbonyl (C=O) groups excluding carboxylic acids is 1. The van der Waals surface area contributed by atoms with Crippen molar-refractivity contribution in [2.24, 2.45) is 5.92 Å². The third kappa shape index (κ3) is 4.23. The second kappa shape index (κ2) is 5.83. The molecule has 1 atom stereocenters. The molecule has 20 heavy (non-hydrogen) atoms. The van der Waals surface area contributed by atoms with Crippen molar-refractivity contribution < 1.29 is 18.0 Å². The van der Waals surface area contributed by atoms with Crippen LogP contribution in [0.25, 0.3) is 0 Å². The molecule has 1 aromatic carbocycles. The van der Waals surface area contributed by atoms with Gasteiger partial charge in [-0.05, 0) is 43.4 Å². The second-order valence-electron chi connectivity index (χ2n) is 5.16. The standard InChI is InChI=1S/C14H17F3N2O/c1-9(11-5-6-11)18-8-10-3-2-4-12(7-10)19-13(20)14(15,16)17/h2-4,7,9,11,18H,5-6,8H2,1H3,(H,19,20). The van der Waals surface area contributed by atoms with E-state index in [1.165, 1.54) is 18.9 Å². The van der Waals surface area contributed by atoms with Crippen molar-refractivity contribution >= 4 is 11.6 Å². The Morgan fingerprint density at radius 2 is 2.10 bits per heavy atom. The van der Waals surface area contributed by atoms with E-state index in [-0.39, 0.29) is 5.69 Å². The molecule has 0 aromatic heterocycles. The number of amides is 1. The van der Waals surface area contributed by atoms with E-state index in [9.17, 15) is 18.0 Å². The summed E-state index contributed by atoms with van der Waals surface area (Å²) in [6.45, 7) is 2.68. The van der Waals surface area contributed by atoms with Crippen molar-refractivity contribution in [2.45, 2.75) is 38.5 Å². The minimum absolute atomic E-state index is 0.158. The molecule has 0 bridgehead atoms. The van der Waals surface area contributed by atoms with Gasteiger partial charge in [0, 0.05) is 18.3 Å². The maximum Gasteiger partial charge on any atom is 0.471 e. The minimum atomic E-state index is -4.87. The molecule has 0 heterocycles. The Balaban J connectivity index is 1.91. The van der Waals surface area contributed by atoms with E-state index in [0.717, 1.165) is 5.56 Å². The normalized spacial score (nSPS) is 16.8. The zero-order chi connectivity index (χ0) is 14.8. The van der Waals surface area contributed by atoms with Crippen molar-refractivity contribution in [2.75, 3.05) is 5.32 Å². The summed E-state index contributed by atoms with van der Waals surface area (Å²) in [5.74, 6) is -1.24. The molecule has 110 valence electrons. The van der Waals surface area contributed by atoms with Crippen LogP contribution >= 0.6 is 0 Å². The van der Waals surface area contributed by atoms with Crippen LogP contribution in [0.1, 0.15) is 25.3 Å². The number of rotatable bonds is 5. The minimum Gasteiger partial charge on any atom is -0.318 e. The first kappa shape index (κ1) is 14.8. The molecule has 2 rings (SSSR count). The molecule has 1 aliphatic carbocycles. The molecule has 0 aliphatic heterocycles. The van der Waals surface area contributed by atoms with Gasteiger partial charge in [0.25, 0.3) is 0 Å². The fourth-order valence-electron chi connectivity index (χ4n) is 2.00. The number of hydrogen-bond donors (Lipinski definition) is 2. The maximum atomic E-state index is 12.2. The first-order chi connectivity index (χ1) is 9.36. The lowest BCUT2D eigenvalue weighted by Gasteiger charge is -2.13. The summed E-state index contributed by atoms with van der Waals surface area (Å²) in [5, 5.41) is 5.19. The quantitative estimate of drug-likeness (QED) is 0.873. The highest BCUT2D eigenvalue weighted by atomic mass is 19.4. The molecular formula is C14H17F3N2O. The number of carbonyl (C=O) groups is 1. The highest BCUT2D eigenvalue weighted by Gasteiger charge is 2.38. The van der Waals surface area contributed by atoms with Crippen LogP contribution in [0, 0.1) is 5.92 Å². The molecule has 3 nitrogen and oxygen atoms in total. The highest BCUT2D eigenvalue weighted by molar-refractivity contribution is 5.94. The average Bonchev–Trinajstić information content (AvgIpc) is 3.19. The van der Waals surface area contributed by atoms with Crippen molar-refractivity contribution in [1.82, 2.24) is 5.32 Å². The van der Waals surface area contributed by atoms with E-state index in [2.05, 4.69) is 12.2 Å². The Kier molecular flexibility index (Phi) is 4.32. The predicted octanol–water partition coefficient (Wildman–Crippen LogP) is 3.08. The summed E-state index contributed by atoms with van der Waals surface area (Å²) >= 11 is 0. The van der Waals surface area contributed by atoms with Crippen LogP contribution in [0.15, 0.2) is 24.3 Å². The Labute approximate surface area is 115 Å². The predicted molar refractivity (Wildman–Crippen MR) is 70.2 cm³/mol. The van der Waals surface area contributed by atoms with E-state index < -0.39 is 12.1 Å². The van der Waals surface area contributed by atoms with Gasteiger partial charge in [-0.3, -0.25) is 4.79 Å². The van der Waals surface area contributed by atoms with Crippen LogP contribution < -0.4 is 10.6 Å². The monoisotopic (exact) mass is 286 g/mol. The van der Waals surface area contributed by atoms with Crippen LogP contribution in [-0.2, 0) is 11.3 Å². The zero-order valence-electron chi connectivity index (χ0n) is 11.1. The second-order valence-corrected chi connectivity index (χ2v) is 5.16. The Hall–Kier alpha value is -1.56. The topological polar surface area (TPSA) is 41.1 Å². The number of halogens is 3. The van der Waals surface area contributed by atoms with Crippen LogP contribution in [0.2, 0.25) is 0 Å². The highest BCUT2D eigenvalue weighted by Crippen LogP contribution is 2.32. The van der Waals surface area contributed by atoms with Crippen molar-refractivity contribution in [3.8, 4) is 0 Å². The van der Waals surface area contributed by atoms with Crippen LogP contribution in [0.5, 0.6) is 0 Å². The smallest absolute Gasteiger partial charge is 0.318 e. The molecule has 1 aromatic rings. The van der Waals surface area contributed by atoms with Gasteiger partial charge in [-0.25, -0.2) is 0 Å². The summed E-state index contributed by atoms with van der Waals surface area (Å²) in [5.41, 5.74) is 1.00. The van der Waals surface area contributed by atoms with Gasteiger partial charge in [-0.1, -0.05) is 12.1 Å². The van der Waals surface area contributed by atoms with E-state index in [4.69, 9.17) is 0 Å². The molecule has 6 heteroatoms. The summed E-state index contributed by atoms with van der Waals surface area (Å²) in [6.07, 6.45) is -2.40. The largest absolute Gasteiger partial charge is 0.471 e. The van der Waals surface area contributed by atoms with Gasteiger partial charge in [0.2, 0.25) is 0 Å². The van der Waals surface area contributed by atoms with E-state index in [1.807, 2.05) is 11.4 Å². The average molecular weight is 286 g/mol. The molecule has 0 saturated heterocycles. The maximum absolute atomic E-state index is 12.2. The third-order valence-corrected chi connectivity index (χ3v) is 3.40. The van der Waals surface area contributed by atoms with Gasteiger partial charge in [-0.2, -0.15) is 13.2 Å². The Bertz CT molecular complexity index is 484. The van der Waals surface area contributed by atoms with E-state index in [0.29, 0.717) is 18.5 Å². The molecular weight excluding hydrogens is 269 g/mol. The Morgan fingerprint density at radius 3 is 2.70 bits per heavy atom. The summed E-state index contributed by atoms with van der Waals surface area (Å²) in [4.78, 5) is 10.9. The first-order valence-electron chi connectivity index (χ1n) is 6.57. The van der Waals surface area contributed by atoms with Crippen molar-refractivity contribution in [3.63, 3.8) is 0 Å². The van der Waals surface area contributed by atoms with Gasteiger partial charge in [-0.15, -0.1) is 0 Å². The molecule has 1 unspecified atom stereocenters. The number of hydrogen-bond acceptors (Lipinski definition) is 2. The van der Waals surface area contributed by atoms with Gasteiger partial charge in [0.15, 0.2) is 0 Å². The van der Waals surface area contributed by atoms with Gasteiger partial charge in [0.05, 0.1) is 0 Å². The molecule has 0 radical (unpaired) electrons. The third-order valence-electron chi connectivity index (χ3n) is 3.40. The lowest BCUT2D eigenvalue weighted by molar-refractivity contribution is -0.167. The summed E-state index contributed by atoms with van der Waals surface area (Å²) < 4.78 is 36.5. The fraction of sp³-hybridized carbons (Fsp3) is 0.500. The summed E-state index contributed by atoms with van der Waals surface area (Å²) in [6, 6.07) is 6.84. The first-order valence-corrected chi connectivity index (χ1v) is 6.57. The molecule has 1 fully saturated rings. The lowest BCUT2D eigenvalue weighted by Crippen LogP contribution is -2.30. The van der Waals surface area contributed by atoms with Crippen LogP contribution in [0.3, 0.4) is 0 Å². The van der Waals surface area contributed by atoms with Crippen LogP contribution in [0.4, 0.5) is 18.9 Å². The molecule has 1 amide bonds.